The average Bonchev–Trinajstić information content (AvgIpc) is 2.87. The summed E-state index contributed by atoms with van der Waals surface area (Å²) >= 11 is 0. The zero-order valence-electron chi connectivity index (χ0n) is 18.8. The maximum absolute atomic E-state index is 4.46. The van der Waals surface area contributed by atoms with Gasteiger partial charge in [-0.2, -0.15) is 0 Å². The number of hydrogen-bond acceptors (Lipinski definition) is 3. The quantitative estimate of drug-likeness (QED) is 0.543. The van der Waals surface area contributed by atoms with E-state index in [2.05, 4.69) is 69.4 Å². The van der Waals surface area contributed by atoms with E-state index >= 15 is 0 Å². The number of benzene rings is 2. The SMILES string of the molecule is C1=CC2=C(CC1)CCc1c2ccc2cc(N3CCN(CCc4ccccn4)CC3)ccc12. The molecule has 1 saturated heterocycles. The van der Waals surface area contributed by atoms with Crippen molar-refractivity contribution in [2.75, 3.05) is 37.6 Å². The number of aromatic nitrogens is 1. The fraction of sp³-hybridized carbons (Fsp3) is 0.345. The second-order valence-electron chi connectivity index (χ2n) is 9.36. The molecular formula is C29H31N3. The Kier molecular flexibility index (Phi) is 5.28. The molecule has 0 radical (unpaired) electrons. The summed E-state index contributed by atoms with van der Waals surface area (Å²) < 4.78 is 0. The van der Waals surface area contributed by atoms with Crippen LogP contribution in [0.2, 0.25) is 0 Å². The highest BCUT2D eigenvalue weighted by molar-refractivity contribution is 5.95. The highest BCUT2D eigenvalue weighted by Crippen LogP contribution is 2.40. The summed E-state index contributed by atoms with van der Waals surface area (Å²) in [4.78, 5) is 9.60. The summed E-state index contributed by atoms with van der Waals surface area (Å²) in [5.74, 6) is 0. The molecule has 2 aliphatic carbocycles. The predicted molar refractivity (Wildman–Crippen MR) is 134 cm³/mol. The van der Waals surface area contributed by atoms with Crippen LogP contribution in [0.25, 0.3) is 16.3 Å². The molecule has 1 aromatic heterocycles. The molecule has 0 bridgehead atoms. The molecule has 3 aromatic rings. The standard InChI is InChI=1S/C29H31N3/c1-2-7-26-22(5-1)8-11-29-27-13-10-25(21-23(27)9-12-28(26)29)32-19-17-31(18-20-32)16-14-24-6-3-4-15-30-24/h2-4,6-7,9-10,12-13,15,21H,1,5,8,11,14,16-20H2. The van der Waals surface area contributed by atoms with Crippen molar-refractivity contribution in [1.82, 2.24) is 9.88 Å². The van der Waals surface area contributed by atoms with E-state index in [1.807, 2.05) is 12.3 Å². The fourth-order valence-electron chi connectivity index (χ4n) is 5.68. The zero-order valence-corrected chi connectivity index (χ0v) is 18.8. The van der Waals surface area contributed by atoms with Crippen LogP contribution in [0.4, 0.5) is 5.69 Å². The van der Waals surface area contributed by atoms with E-state index in [4.69, 9.17) is 0 Å². The molecule has 3 nitrogen and oxygen atoms in total. The second kappa shape index (κ2) is 8.55. The number of aryl methyl sites for hydroxylation is 1. The third-order valence-corrected chi connectivity index (χ3v) is 7.51. The Hall–Kier alpha value is -2.91. The molecule has 32 heavy (non-hydrogen) atoms. The Morgan fingerprint density at radius 3 is 2.69 bits per heavy atom. The van der Waals surface area contributed by atoms with Gasteiger partial charge in [-0.25, -0.2) is 0 Å². The molecule has 1 aliphatic heterocycles. The predicted octanol–water partition coefficient (Wildman–Crippen LogP) is 5.65. The van der Waals surface area contributed by atoms with Crippen LogP contribution in [-0.4, -0.2) is 42.6 Å². The minimum Gasteiger partial charge on any atom is -0.369 e. The van der Waals surface area contributed by atoms with Crippen LogP contribution < -0.4 is 4.90 Å². The Labute approximate surface area is 191 Å². The first-order valence-corrected chi connectivity index (χ1v) is 12.2. The van der Waals surface area contributed by atoms with Gasteiger partial charge < -0.3 is 4.90 Å². The molecule has 1 fully saturated rings. The number of hydrogen-bond donors (Lipinski definition) is 0. The smallest absolute Gasteiger partial charge is 0.0416 e. The van der Waals surface area contributed by atoms with Crippen molar-refractivity contribution in [3.63, 3.8) is 0 Å². The molecule has 0 unspecified atom stereocenters. The number of fused-ring (bicyclic) bond motifs is 4. The molecule has 0 spiro atoms. The number of nitrogens with zero attached hydrogens (tertiary/aromatic N) is 3. The third-order valence-electron chi connectivity index (χ3n) is 7.51. The number of rotatable bonds is 4. The number of pyridine rings is 1. The van der Waals surface area contributed by atoms with Gasteiger partial charge >= 0.3 is 0 Å². The van der Waals surface area contributed by atoms with Gasteiger partial charge in [0.1, 0.15) is 0 Å². The van der Waals surface area contributed by atoms with Crippen molar-refractivity contribution >= 4 is 22.0 Å². The van der Waals surface area contributed by atoms with Gasteiger partial charge in [0.05, 0.1) is 0 Å². The molecule has 0 amide bonds. The lowest BCUT2D eigenvalue weighted by atomic mass is 9.79. The molecule has 2 heterocycles. The lowest BCUT2D eigenvalue weighted by Crippen LogP contribution is -2.47. The van der Waals surface area contributed by atoms with Crippen molar-refractivity contribution in [1.29, 1.82) is 0 Å². The van der Waals surface area contributed by atoms with E-state index in [0.717, 1.165) is 39.1 Å². The molecule has 3 aliphatic rings. The number of allylic oxidation sites excluding steroid dienone is 4. The highest BCUT2D eigenvalue weighted by Gasteiger charge is 2.22. The molecular weight excluding hydrogens is 390 g/mol. The Morgan fingerprint density at radius 1 is 0.875 bits per heavy atom. The van der Waals surface area contributed by atoms with Gasteiger partial charge in [0, 0.05) is 56.7 Å². The van der Waals surface area contributed by atoms with Crippen LogP contribution in [-0.2, 0) is 12.8 Å². The normalized spacial score (nSPS) is 18.7. The first kappa shape index (κ1) is 19.8. The maximum atomic E-state index is 4.46. The van der Waals surface area contributed by atoms with E-state index < -0.39 is 0 Å². The summed E-state index contributed by atoms with van der Waals surface area (Å²) in [6.07, 6.45) is 12.5. The van der Waals surface area contributed by atoms with E-state index in [0.29, 0.717) is 0 Å². The van der Waals surface area contributed by atoms with E-state index in [1.54, 1.807) is 11.1 Å². The lowest BCUT2D eigenvalue weighted by molar-refractivity contribution is 0.260. The van der Waals surface area contributed by atoms with Crippen molar-refractivity contribution in [2.24, 2.45) is 0 Å². The first-order chi connectivity index (χ1) is 15.8. The Morgan fingerprint density at radius 2 is 1.81 bits per heavy atom. The van der Waals surface area contributed by atoms with Crippen molar-refractivity contribution in [3.05, 3.63) is 89.3 Å². The molecule has 3 heteroatoms. The van der Waals surface area contributed by atoms with Gasteiger partial charge in [-0.3, -0.25) is 9.88 Å². The molecule has 6 rings (SSSR count). The minimum absolute atomic E-state index is 1.04. The Bertz CT molecular complexity index is 1180. The minimum atomic E-state index is 1.04. The van der Waals surface area contributed by atoms with Crippen LogP contribution in [0.3, 0.4) is 0 Å². The maximum Gasteiger partial charge on any atom is 0.0416 e. The first-order valence-electron chi connectivity index (χ1n) is 12.2. The molecule has 162 valence electrons. The van der Waals surface area contributed by atoms with E-state index in [1.165, 1.54) is 59.0 Å². The zero-order chi connectivity index (χ0) is 21.3. The lowest BCUT2D eigenvalue weighted by Gasteiger charge is -2.36. The average molecular weight is 422 g/mol. The van der Waals surface area contributed by atoms with Crippen LogP contribution in [0.1, 0.15) is 36.1 Å². The van der Waals surface area contributed by atoms with Gasteiger partial charge in [-0.15, -0.1) is 0 Å². The van der Waals surface area contributed by atoms with E-state index in [9.17, 15) is 0 Å². The summed E-state index contributed by atoms with van der Waals surface area (Å²) in [6.45, 7) is 5.54. The van der Waals surface area contributed by atoms with Gasteiger partial charge in [0.15, 0.2) is 0 Å². The number of anilines is 1. The van der Waals surface area contributed by atoms with Crippen molar-refractivity contribution in [3.8, 4) is 0 Å². The molecule has 0 saturated carbocycles. The summed E-state index contributed by atoms with van der Waals surface area (Å²) in [5, 5.41) is 2.84. The Balaban J connectivity index is 1.16. The molecule has 0 N–H and O–H groups in total. The largest absolute Gasteiger partial charge is 0.369 e. The molecule has 2 aromatic carbocycles. The van der Waals surface area contributed by atoms with Crippen LogP contribution >= 0.6 is 0 Å². The monoisotopic (exact) mass is 421 g/mol. The van der Waals surface area contributed by atoms with E-state index in [-0.39, 0.29) is 0 Å². The summed E-state index contributed by atoms with van der Waals surface area (Å²) in [6, 6.07) is 18.1. The highest BCUT2D eigenvalue weighted by atomic mass is 15.3. The van der Waals surface area contributed by atoms with Crippen LogP contribution in [0.5, 0.6) is 0 Å². The topological polar surface area (TPSA) is 19.4 Å². The van der Waals surface area contributed by atoms with Crippen LogP contribution in [0.15, 0.2) is 72.5 Å². The fourth-order valence-corrected chi connectivity index (χ4v) is 5.68. The summed E-state index contributed by atoms with van der Waals surface area (Å²) in [7, 11) is 0. The van der Waals surface area contributed by atoms with Crippen LogP contribution in [0, 0.1) is 0 Å². The van der Waals surface area contributed by atoms with Gasteiger partial charge in [-0.05, 0) is 77.4 Å². The summed E-state index contributed by atoms with van der Waals surface area (Å²) in [5.41, 5.74) is 8.76. The van der Waals surface area contributed by atoms with Crippen molar-refractivity contribution < 1.29 is 0 Å². The second-order valence-corrected chi connectivity index (χ2v) is 9.36. The van der Waals surface area contributed by atoms with Crippen molar-refractivity contribution in [2.45, 2.75) is 32.1 Å². The van der Waals surface area contributed by atoms with Gasteiger partial charge in [-0.1, -0.05) is 42.0 Å². The number of piperazine rings is 1. The van der Waals surface area contributed by atoms with Gasteiger partial charge in [0.2, 0.25) is 0 Å². The van der Waals surface area contributed by atoms with Gasteiger partial charge in [0.25, 0.3) is 0 Å². The third kappa shape index (κ3) is 3.75. The molecule has 0 atom stereocenters.